The zero-order valence-electron chi connectivity index (χ0n) is 12.7. The minimum absolute atomic E-state index is 0.0189. The summed E-state index contributed by atoms with van der Waals surface area (Å²) in [6.07, 6.45) is 1.04. The second kappa shape index (κ2) is 6.80. The number of ether oxygens (including phenoxy) is 3. The number of fused-ring (bicyclic) bond motifs is 1. The van der Waals surface area contributed by atoms with Crippen molar-refractivity contribution >= 4 is 5.91 Å². The van der Waals surface area contributed by atoms with Crippen LogP contribution >= 0.6 is 0 Å². The minimum atomic E-state index is -2.91. The summed E-state index contributed by atoms with van der Waals surface area (Å²) in [4.78, 5) is 12.4. The lowest BCUT2D eigenvalue weighted by atomic mass is 9.67. The predicted octanol–water partition coefficient (Wildman–Crippen LogP) is 2.07. The van der Waals surface area contributed by atoms with Crippen molar-refractivity contribution in [2.75, 3.05) is 20.3 Å². The van der Waals surface area contributed by atoms with E-state index in [-0.39, 0.29) is 29.7 Å². The summed E-state index contributed by atoms with van der Waals surface area (Å²) < 4.78 is 39.7. The highest BCUT2D eigenvalue weighted by Crippen LogP contribution is 2.43. The van der Waals surface area contributed by atoms with E-state index in [9.17, 15) is 13.6 Å². The molecule has 4 atom stereocenters. The maximum atomic E-state index is 12.4. The van der Waals surface area contributed by atoms with Crippen LogP contribution in [0.2, 0.25) is 0 Å². The van der Waals surface area contributed by atoms with Gasteiger partial charge in [0.15, 0.2) is 0 Å². The van der Waals surface area contributed by atoms with E-state index in [4.69, 9.17) is 9.47 Å². The Bertz CT molecular complexity index is 569. The van der Waals surface area contributed by atoms with Gasteiger partial charge in [-0.25, -0.2) is 0 Å². The first-order valence-corrected chi connectivity index (χ1v) is 7.56. The fraction of sp³-hybridized carbons (Fsp3) is 0.562. The molecule has 126 valence electrons. The Morgan fingerprint density at radius 2 is 2.30 bits per heavy atom. The first-order chi connectivity index (χ1) is 11.1. The van der Waals surface area contributed by atoms with Gasteiger partial charge in [-0.15, -0.1) is 0 Å². The highest BCUT2D eigenvalue weighted by Gasteiger charge is 2.54. The Morgan fingerprint density at radius 1 is 1.48 bits per heavy atom. The molecule has 23 heavy (non-hydrogen) atoms. The third kappa shape index (κ3) is 3.30. The molecule has 7 heteroatoms. The summed E-state index contributed by atoms with van der Waals surface area (Å²) in [5.74, 6) is 0.0782. The SMILES string of the molecule is COC[C@H]1[C@@H](NC(=O)c2cccc(OC(F)F)c2)[C@@H]2CCO[C@@H]21. The number of halogens is 2. The number of amides is 1. The van der Waals surface area contributed by atoms with Gasteiger partial charge in [-0.2, -0.15) is 8.78 Å². The molecule has 1 N–H and O–H groups in total. The van der Waals surface area contributed by atoms with Gasteiger partial charge >= 0.3 is 6.61 Å². The van der Waals surface area contributed by atoms with Gasteiger partial charge in [-0.05, 0) is 24.6 Å². The molecule has 1 saturated carbocycles. The number of rotatable bonds is 6. The van der Waals surface area contributed by atoms with E-state index in [0.717, 1.165) is 6.42 Å². The van der Waals surface area contributed by atoms with Crippen LogP contribution in [0.25, 0.3) is 0 Å². The number of hydrogen-bond donors (Lipinski definition) is 1. The molecule has 1 aliphatic carbocycles. The number of methoxy groups -OCH3 is 1. The Morgan fingerprint density at radius 3 is 3.04 bits per heavy atom. The van der Waals surface area contributed by atoms with Crippen molar-refractivity contribution in [3.8, 4) is 5.75 Å². The van der Waals surface area contributed by atoms with Gasteiger partial charge in [0, 0.05) is 37.2 Å². The van der Waals surface area contributed by atoms with Crippen molar-refractivity contribution < 1.29 is 27.8 Å². The van der Waals surface area contributed by atoms with E-state index < -0.39 is 6.61 Å². The molecule has 1 aromatic rings. The molecule has 0 bridgehead atoms. The van der Waals surface area contributed by atoms with E-state index in [1.165, 1.54) is 18.2 Å². The van der Waals surface area contributed by atoms with Crippen molar-refractivity contribution in [2.24, 2.45) is 11.8 Å². The van der Waals surface area contributed by atoms with Crippen LogP contribution in [0, 0.1) is 11.8 Å². The Balaban J connectivity index is 1.66. The lowest BCUT2D eigenvalue weighted by Gasteiger charge is -2.47. The fourth-order valence-corrected chi connectivity index (χ4v) is 3.48. The number of hydrogen-bond acceptors (Lipinski definition) is 4. The van der Waals surface area contributed by atoms with Crippen LogP contribution < -0.4 is 10.1 Å². The molecule has 1 saturated heterocycles. The third-order valence-corrected chi connectivity index (χ3v) is 4.51. The van der Waals surface area contributed by atoms with Crippen LogP contribution in [0.5, 0.6) is 5.75 Å². The second-order valence-electron chi connectivity index (χ2n) is 5.81. The molecular weight excluding hydrogens is 308 g/mol. The fourth-order valence-electron chi connectivity index (χ4n) is 3.48. The lowest BCUT2D eigenvalue weighted by molar-refractivity contribution is -0.0810. The van der Waals surface area contributed by atoms with Gasteiger partial charge in [-0.3, -0.25) is 4.79 Å². The second-order valence-corrected chi connectivity index (χ2v) is 5.81. The maximum absolute atomic E-state index is 12.4. The summed E-state index contributed by atoms with van der Waals surface area (Å²) in [6.45, 7) is -1.71. The Labute approximate surface area is 132 Å². The van der Waals surface area contributed by atoms with Crippen LogP contribution in [0.3, 0.4) is 0 Å². The first-order valence-electron chi connectivity index (χ1n) is 7.56. The molecule has 0 unspecified atom stereocenters. The first kappa shape index (κ1) is 16.1. The summed E-state index contributed by atoms with van der Waals surface area (Å²) in [5.41, 5.74) is 0.293. The molecule has 1 heterocycles. The largest absolute Gasteiger partial charge is 0.435 e. The molecular formula is C16H19F2NO4. The molecule has 1 aliphatic heterocycles. The molecule has 1 aromatic carbocycles. The Hall–Kier alpha value is -1.73. The van der Waals surface area contributed by atoms with E-state index in [1.807, 2.05) is 0 Å². The predicted molar refractivity (Wildman–Crippen MR) is 77.5 cm³/mol. The van der Waals surface area contributed by atoms with Crippen LogP contribution in [0.15, 0.2) is 24.3 Å². The van der Waals surface area contributed by atoms with Crippen LogP contribution in [0.4, 0.5) is 8.78 Å². The summed E-state index contributed by atoms with van der Waals surface area (Å²) in [7, 11) is 1.62. The molecule has 0 radical (unpaired) electrons. The van der Waals surface area contributed by atoms with Crippen molar-refractivity contribution in [1.29, 1.82) is 0 Å². The van der Waals surface area contributed by atoms with Crippen molar-refractivity contribution in [3.63, 3.8) is 0 Å². The molecule has 0 aromatic heterocycles. The summed E-state index contributed by atoms with van der Waals surface area (Å²) >= 11 is 0. The standard InChI is InChI=1S/C16H19F2NO4/c1-21-8-12-13(11-5-6-22-14(11)12)19-15(20)9-3-2-4-10(7-9)23-16(17)18/h2-4,7,11-14,16H,5-6,8H2,1H3,(H,19,20)/t11-,12-,13-,14-/m0/s1. The average molecular weight is 327 g/mol. The molecule has 1 amide bonds. The van der Waals surface area contributed by atoms with Crippen LogP contribution in [-0.4, -0.2) is 45.0 Å². The van der Waals surface area contributed by atoms with Crippen LogP contribution in [-0.2, 0) is 9.47 Å². The van der Waals surface area contributed by atoms with Gasteiger partial charge in [0.05, 0.1) is 12.7 Å². The van der Waals surface area contributed by atoms with Crippen molar-refractivity contribution in [2.45, 2.75) is 25.2 Å². The quantitative estimate of drug-likeness (QED) is 0.869. The van der Waals surface area contributed by atoms with Gasteiger partial charge in [0.1, 0.15) is 5.75 Å². The maximum Gasteiger partial charge on any atom is 0.387 e. The van der Waals surface area contributed by atoms with Gasteiger partial charge in [0.2, 0.25) is 0 Å². The highest BCUT2D eigenvalue weighted by atomic mass is 19.3. The number of alkyl halides is 2. The highest BCUT2D eigenvalue weighted by molar-refractivity contribution is 5.94. The number of carbonyl (C=O) groups is 1. The molecule has 2 aliphatic rings. The van der Waals surface area contributed by atoms with E-state index in [2.05, 4.69) is 10.1 Å². The van der Waals surface area contributed by atoms with Gasteiger partial charge in [-0.1, -0.05) is 6.07 Å². The number of benzene rings is 1. The topological polar surface area (TPSA) is 56.8 Å². The summed E-state index contributed by atoms with van der Waals surface area (Å²) in [5, 5.41) is 2.98. The monoisotopic (exact) mass is 327 g/mol. The van der Waals surface area contributed by atoms with E-state index >= 15 is 0 Å². The van der Waals surface area contributed by atoms with Crippen molar-refractivity contribution in [1.82, 2.24) is 5.32 Å². The molecule has 0 spiro atoms. The lowest BCUT2D eigenvalue weighted by Crippen LogP contribution is -2.62. The smallest absolute Gasteiger partial charge is 0.387 e. The normalized spacial score (nSPS) is 29.0. The molecule has 3 rings (SSSR count). The zero-order chi connectivity index (χ0) is 16.4. The number of carbonyl (C=O) groups excluding carboxylic acids is 1. The van der Waals surface area contributed by atoms with E-state index in [0.29, 0.717) is 24.7 Å². The molecule has 2 fully saturated rings. The van der Waals surface area contributed by atoms with Gasteiger partial charge < -0.3 is 19.5 Å². The third-order valence-electron chi connectivity index (χ3n) is 4.51. The van der Waals surface area contributed by atoms with E-state index in [1.54, 1.807) is 13.2 Å². The van der Waals surface area contributed by atoms with Gasteiger partial charge in [0.25, 0.3) is 5.91 Å². The zero-order valence-corrected chi connectivity index (χ0v) is 12.7. The van der Waals surface area contributed by atoms with Crippen LogP contribution in [0.1, 0.15) is 16.8 Å². The molecule has 5 nitrogen and oxygen atoms in total. The number of nitrogens with one attached hydrogen (secondary N) is 1. The van der Waals surface area contributed by atoms with Crippen molar-refractivity contribution in [3.05, 3.63) is 29.8 Å². The average Bonchev–Trinajstić information content (AvgIpc) is 2.94. The Kier molecular flexibility index (Phi) is 4.77. The minimum Gasteiger partial charge on any atom is -0.435 e. The summed E-state index contributed by atoms with van der Waals surface area (Å²) in [6, 6.07) is 5.77.